The molecule has 3 nitrogen and oxygen atoms in total. The molecule has 1 saturated carbocycles. The molecule has 34 heavy (non-hydrogen) atoms. The van der Waals surface area contributed by atoms with Gasteiger partial charge in [0.15, 0.2) is 5.82 Å². The summed E-state index contributed by atoms with van der Waals surface area (Å²) in [5.74, 6) is 3.33. The highest BCUT2D eigenvalue weighted by Crippen LogP contribution is 2.37. The molecule has 1 aliphatic rings. The normalized spacial score (nSPS) is 18.2. The van der Waals surface area contributed by atoms with E-state index in [2.05, 4.69) is 60.5 Å². The van der Waals surface area contributed by atoms with E-state index in [1.54, 1.807) is 0 Å². The lowest BCUT2D eigenvalue weighted by molar-refractivity contribution is 0.304. The highest BCUT2D eigenvalue weighted by molar-refractivity contribution is 5.56. The molecule has 2 aromatic rings. The summed E-state index contributed by atoms with van der Waals surface area (Å²) in [6.45, 7) is 5.39. The molecular weight excluding hydrogens is 416 g/mol. The minimum Gasteiger partial charge on any atom is -0.494 e. The van der Waals surface area contributed by atoms with Gasteiger partial charge in [0.05, 0.1) is 6.61 Å². The minimum atomic E-state index is 0.642. The van der Waals surface area contributed by atoms with Crippen molar-refractivity contribution in [2.45, 2.75) is 122 Å². The van der Waals surface area contributed by atoms with Crippen molar-refractivity contribution in [2.75, 3.05) is 6.61 Å². The van der Waals surface area contributed by atoms with Crippen LogP contribution in [0.4, 0.5) is 0 Å². The zero-order valence-electron chi connectivity index (χ0n) is 21.9. The van der Waals surface area contributed by atoms with Crippen LogP contribution in [0, 0.1) is 5.92 Å². The zero-order valence-corrected chi connectivity index (χ0v) is 21.9. The number of unbranched alkanes of at least 4 members (excludes halogenated alkanes) is 9. The fraction of sp³-hybridized carbons (Fsp3) is 0.677. The molecule has 0 saturated heterocycles. The Labute approximate surface area is 209 Å². The fourth-order valence-electron chi connectivity index (χ4n) is 5.37. The molecular formula is C31H48N2O. The molecule has 1 fully saturated rings. The molecule has 188 valence electrons. The Morgan fingerprint density at radius 3 is 1.88 bits per heavy atom. The molecule has 0 radical (unpaired) electrons. The van der Waals surface area contributed by atoms with Gasteiger partial charge in [0.2, 0.25) is 0 Å². The SMILES string of the molecule is CCCCCCCCCCCCOc1ccc(-c2ncc(C3CCC(CCC)CC3)cn2)cc1. The third kappa shape index (κ3) is 9.39. The second-order valence-corrected chi connectivity index (χ2v) is 10.4. The summed E-state index contributed by atoms with van der Waals surface area (Å²) < 4.78 is 5.95. The summed E-state index contributed by atoms with van der Waals surface area (Å²) in [4.78, 5) is 9.38. The molecule has 0 aliphatic heterocycles. The molecule has 0 bridgehead atoms. The predicted molar refractivity (Wildman–Crippen MR) is 144 cm³/mol. The van der Waals surface area contributed by atoms with E-state index in [1.807, 2.05) is 0 Å². The molecule has 0 N–H and O–H groups in total. The van der Waals surface area contributed by atoms with Crippen LogP contribution in [0.5, 0.6) is 5.75 Å². The predicted octanol–water partition coefficient (Wildman–Crippen LogP) is 9.52. The second kappa shape index (κ2) is 15.9. The number of nitrogens with zero attached hydrogens (tertiary/aromatic N) is 2. The molecule has 1 aromatic heterocycles. The third-order valence-electron chi connectivity index (χ3n) is 7.57. The van der Waals surface area contributed by atoms with Gasteiger partial charge >= 0.3 is 0 Å². The van der Waals surface area contributed by atoms with Crippen molar-refractivity contribution in [1.82, 2.24) is 9.97 Å². The molecule has 0 atom stereocenters. The van der Waals surface area contributed by atoms with E-state index >= 15 is 0 Å². The smallest absolute Gasteiger partial charge is 0.159 e. The Morgan fingerprint density at radius 1 is 0.706 bits per heavy atom. The summed E-state index contributed by atoms with van der Waals surface area (Å²) in [7, 11) is 0. The van der Waals surface area contributed by atoms with Crippen LogP contribution in [-0.4, -0.2) is 16.6 Å². The minimum absolute atomic E-state index is 0.642. The number of hydrogen-bond acceptors (Lipinski definition) is 3. The van der Waals surface area contributed by atoms with Crippen molar-refractivity contribution in [3.8, 4) is 17.1 Å². The topological polar surface area (TPSA) is 35.0 Å². The first-order valence-electron chi connectivity index (χ1n) is 14.3. The number of aromatic nitrogens is 2. The van der Waals surface area contributed by atoms with Gasteiger partial charge in [-0.05, 0) is 73.8 Å². The number of rotatable bonds is 16. The van der Waals surface area contributed by atoms with Crippen molar-refractivity contribution in [2.24, 2.45) is 5.92 Å². The van der Waals surface area contributed by atoms with E-state index in [-0.39, 0.29) is 0 Å². The van der Waals surface area contributed by atoms with Crippen molar-refractivity contribution in [1.29, 1.82) is 0 Å². The van der Waals surface area contributed by atoms with E-state index < -0.39 is 0 Å². The van der Waals surface area contributed by atoms with Crippen LogP contribution in [0.2, 0.25) is 0 Å². The molecule has 0 spiro atoms. The molecule has 1 heterocycles. The van der Waals surface area contributed by atoms with Gasteiger partial charge in [-0.3, -0.25) is 0 Å². The number of hydrogen-bond donors (Lipinski definition) is 0. The van der Waals surface area contributed by atoms with Crippen LogP contribution in [0.1, 0.15) is 128 Å². The van der Waals surface area contributed by atoms with E-state index in [1.165, 1.54) is 102 Å². The average Bonchev–Trinajstić information content (AvgIpc) is 2.88. The van der Waals surface area contributed by atoms with Crippen molar-refractivity contribution in [3.05, 3.63) is 42.2 Å². The van der Waals surface area contributed by atoms with E-state index in [0.717, 1.165) is 36.1 Å². The van der Waals surface area contributed by atoms with Gasteiger partial charge < -0.3 is 4.74 Å². The molecule has 0 amide bonds. The van der Waals surface area contributed by atoms with Gasteiger partial charge in [-0.2, -0.15) is 0 Å². The van der Waals surface area contributed by atoms with Gasteiger partial charge in [0.25, 0.3) is 0 Å². The maximum Gasteiger partial charge on any atom is 0.159 e. The van der Waals surface area contributed by atoms with E-state index in [4.69, 9.17) is 4.74 Å². The maximum atomic E-state index is 5.95. The highest BCUT2D eigenvalue weighted by Gasteiger charge is 2.22. The standard InChI is InChI=1S/C31H48N2O/c1-3-5-6-7-8-9-10-11-12-13-23-34-30-21-19-28(20-22-30)31-32-24-29(25-33-31)27-17-15-26(14-4-2)16-18-27/h19-22,24-27H,3-18,23H2,1-2H3. The van der Waals surface area contributed by atoms with Gasteiger partial charge in [-0.25, -0.2) is 9.97 Å². The van der Waals surface area contributed by atoms with Crippen LogP contribution >= 0.6 is 0 Å². The van der Waals surface area contributed by atoms with Crippen LogP contribution in [-0.2, 0) is 0 Å². The molecule has 3 heteroatoms. The monoisotopic (exact) mass is 464 g/mol. The molecule has 3 rings (SSSR count). The summed E-state index contributed by atoms with van der Waals surface area (Å²) in [6.07, 6.45) is 25.6. The summed E-state index contributed by atoms with van der Waals surface area (Å²) >= 11 is 0. The molecule has 1 aromatic carbocycles. The third-order valence-corrected chi connectivity index (χ3v) is 7.57. The summed E-state index contributed by atoms with van der Waals surface area (Å²) in [5.41, 5.74) is 2.37. The Bertz CT molecular complexity index is 763. The Morgan fingerprint density at radius 2 is 1.29 bits per heavy atom. The number of benzene rings is 1. The van der Waals surface area contributed by atoms with Crippen LogP contribution < -0.4 is 4.74 Å². The maximum absolute atomic E-state index is 5.95. The first kappa shape index (κ1) is 26.7. The summed E-state index contributed by atoms with van der Waals surface area (Å²) in [6, 6.07) is 8.27. The van der Waals surface area contributed by atoms with Gasteiger partial charge in [-0.15, -0.1) is 0 Å². The Hall–Kier alpha value is -1.90. The highest BCUT2D eigenvalue weighted by atomic mass is 16.5. The van der Waals surface area contributed by atoms with Crippen LogP contribution in [0.15, 0.2) is 36.7 Å². The lowest BCUT2D eigenvalue weighted by Crippen LogP contribution is -2.13. The lowest BCUT2D eigenvalue weighted by Gasteiger charge is -2.28. The fourth-order valence-corrected chi connectivity index (χ4v) is 5.37. The van der Waals surface area contributed by atoms with Crippen molar-refractivity contribution in [3.63, 3.8) is 0 Å². The first-order valence-corrected chi connectivity index (χ1v) is 14.3. The van der Waals surface area contributed by atoms with Gasteiger partial charge in [0, 0.05) is 18.0 Å². The zero-order chi connectivity index (χ0) is 23.8. The van der Waals surface area contributed by atoms with Crippen molar-refractivity contribution >= 4 is 0 Å². The van der Waals surface area contributed by atoms with Gasteiger partial charge in [-0.1, -0.05) is 84.5 Å². The van der Waals surface area contributed by atoms with Gasteiger partial charge in [0.1, 0.15) is 5.75 Å². The lowest BCUT2D eigenvalue weighted by atomic mass is 9.78. The first-order chi connectivity index (χ1) is 16.8. The summed E-state index contributed by atoms with van der Waals surface area (Å²) in [5, 5.41) is 0. The quantitative estimate of drug-likeness (QED) is 0.232. The average molecular weight is 465 g/mol. The van der Waals surface area contributed by atoms with Crippen molar-refractivity contribution < 1.29 is 4.74 Å². The van der Waals surface area contributed by atoms with E-state index in [9.17, 15) is 0 Å². The second-order valence-electron chi connectivity index (χ2n) is 10.4. The van der Waals surface area contributed by atoms with Crippen LogP contribution in [0.3, 0.4) is 0 Å². The molecule has 1 aliphatic carbocycles. The number of ether oxygens (including phenoxy) is 1. The van der Waals surface area contributed by atoms with E-state index in [0.29, 0.717) is 5.92 Å². The Balaban J connectivity index is 1.31. The Kier molecular flexibility index (Phi) is 12.5. The molecule has 0 unspecified atom stereocenters. The van der Waals surface area contributed by atoms with Crippen LogP contribution in [0.25, 0.3) is 11.4 Å². The largest absolute Gasteiger partial charge is 0.494 e.